The molecule has 1 aliphatic rings. The van der Waals surface area contributed by atoms with Gasteiger partial charge in [-0.05, 0) is 36.3 Å². The van der Waals surface area contributed by atoms with Crippen molar-refractivity contribution in [2.45, 2.75) is 45.4 Å². The van der Waals surface area contributed by atoms with Crippen molar-refractivity contribution in [2.24, 2.45) is 0 Å². The lowest BCUT2D eigenvalue weighted by Gasteiger charge is -2.26. The Morgan fingerprint density at radius 1 is 1.17 bits per heavy atom. The fourth-order valence-corrected chi connectivity index (χ4v) is 2.22. The third kappa shape index (κ3) is 2.89. The highest BCUT2D eigenvalue weighted by Gasteiger charge is 2.20. The summed E-state index contributed by atoms with van der Waals surface area (Å²) in [6.45, 7) is 8.20. The third-order valence-electron chi connectivity index (χ3n) is 3.49. The Morgan fingerprint density at radius 3 is 2.33 bits per heavy atom. The minimum atomic E-state index is 0.0789. The molecule has 0 radical (unpaired) electrons. The van der Waals surface area contributed by atoms with Gasteiger partial charge in [-0.1, -0.05) is 26.8 Å². The lowest BCUT2D eigenvalue weighted by atomic mass is 9.88. The molecule has 2 heterocycles. The number of nitrogens with zero attached hydrogens (tertiary/aromatic N) is 2. The van der Waals surface area contributed by atoms with Gasteiger partial charge in [-0.15, -0.1) is 0 Å². The van der Waals surface area contributed by atoms with Gasteiger partial charge in [0.1, 0.15) is 5.69 Å². The number of piperidine rings is 1. The lowest BCUT2D eigenvalue weighted by molar-refractivity contribution is 0.0718. The van der Waals surface area contributed by atoms with Gasteiger partial charge in [0.15, 0.2) is 0 Å². The van der Waals surface area contributed by atoms with E-state index in [0.717, 1.165) is 31.5 Å². The van der Waals surface area contributed by atoms with Crippen LogP contribution >= 0.6 is 0 Å². The monoisotopic (exact) mass is 246 g/mol. The highest BCUT2D eigenvalue weighted by Crippen LogP contribution is 2.21. The first-order chi connectivity index (χ1) is 8.48. The van der Waals surface area contributed by atoms with Gasteiger partial charge in [0.2, 0.25) is 0 Å². The zero-order chi connectivity index (χ0) is 13.2. The zero-order valence-electron chi connectivity index (χ0n) is 11.6. The number of carbonyl (C=O) groups excluding carboxylic acids is 1. The van der Waals surface area contributed by atoms with E-state index in [1.807, 2.05) is 23.2 Å². The second-order valence-electron chi connectivity index (χ2n) is 6.03. The number of likely N-dealkylation sites (tertiary alicyclic amines) is 1. The first kappa shape index (κ1) is 13.1. The van der Waals surface area contributed by atoms with Crippen molar-refractivity contribution >= 4 is 5.91 Å². The normalized spacial score (nSPS) is 16.7. The maximum atomic E-state index is 12.2. The third-order valence-corrected chi connectivity index (χ3v) is 3.49. The summed E-state index contributed by atoms with van der Waals surface area (Å²) in [4.78, 5) is 18.5. The van der Waals surface area contributed by atoms with Gasteiger partial charge < -0.3 is 4.90 Å². The summed E-state index contributed by atoms with van der Waals surface area (Å²) in [5.74, 6) is 0.0789. The molecule has 1 aliphatic heterocycles. The molecule has 3 nitrogen and oxygen atoms in total. The molecule has 0 atom stereocenters. The Morgan fingerprint density at radius 2 is 1.83 bits per heavy atom. The van der Waals surface area contributed by atoms with E-state index >= 15 is 0 Å². The van der Waals surface area contributed by atoms with Crippen molar-refractivity contribution in [3.8, 4) is 0 Å². The molecule has 3 heteroatoms. The Balaban J connectivity index is 2.11. The van der Waals surface area contributed by atoms with Crippen LogP contribution in [0, 0.1) is 0 Å². The molecular formula is C15H22N2O. The largest absolute Gasteiger partial charge is 0.337 e. The Kier molecular flexibility index (Phi) is 3.69. The van der Waals surface area contributed by atoms with Crippen LogP contribution in [0.15, 0.2) is 18.3 Å². The van der Waals surface area contributed by atoms with Crippen molar-refractivity contribution in [2.75, 3.05) is 13.1 Å². The molecule has 1 fully saturated rings. The first-order valence-electron chi connectivity index (χ1n) is 6.74. The van der Waals surface area contributed by atoms with E-state index in [1.165, 1.54) is 6.42 Å². The second kappa shape index (κ2) is 5.09. The van der Waals surface area contributed by atoms with Crippen molar-refractivity contribution in [1.82, 2.24) is 9.88 Å². The van der Waals surface area contributed by atoms with Gasteiger partial charge in [0.05, 0.1) is 0 Å². The number of hydrogen-bond acceptors (Lipinski definition) is 2. The zero-order valence-corrected chi connectivity index (χ0v) is 11.6. The summed E-state index contributed by atoms with van der Waals surface area (Å²) < 4.78 is 0. The minimum absolute atomic E-state index is 0.0789. The molecule has 0 N–H and O–H groups in total. The van der Waals surface area contributed by atoms with Crippen molar-refractivity contribution in [1.29, 1.82) is 0 Å². The molecule has 1 aromatic rings. The van der Waals surface area contributed by atoms with E-state index in [1.54, 1.807) is 0 Å². The molecule has 0 aliphatic carbocycles. The molecule has 2 rings (SSSR count). The van der Waals surface area contributed by atoms with Gasteiger partial charge in [0.25, 0.3) is 5.91 Å². The molecule has 98 valence electrons. The van der Waals surface area contributed by atoms with Crippen LogP contribution in [0.2, 0.25) is 0 Å². The van der Waals surface area contributed by atoms with E-state index < -0.39 is 0 Å². The van der Waals surface area contributed by atoms with Crippen LogP contribution in [-0.4, -0.2) is 28.9 Å². The molecule has 0 bridgehead atoms. The summed E-state index contributed by atoms with van der Waals surface area (Å²) >= 11 is 0. The number of aromatic nitrogens is 1. The smallest absolute Gasteiger partial charge is 0.272 e. The van der Waals surface area contributed by atoms with E-state index in [-0.39, 0.29) is 11.3 Å². The van der Waals surface area contributed by atoms with Crippen molar-refractivity contribution in [3.05, 3.63) is 29.6 Å². The first-order valence-corrected chi connectivity index (χ1v) is 6.74. The van der Waals surface area contributed by atoms with Gasteiger partial charge in [-0.2, -0.15) is 0 Å². The quantitative estimate of drug-likeness (QED) is 0.763. The number of rotatable bonds is 1. The fourth-order valence-electron chi connectivity index (χ4n) is 2.22. The van der Waals surface area contributed by atoms with E-state index in [2.05, 4.69) is 25.8 Å². The highest BCUT2D eigenvalue weighted by atomic mass is 16.2. The van der Waals surface area contributed by atoms with Gasteiger partial charge in [-0.3, -0.25) is 9.78 Å². The molecule has 1 aromatic heterocycles. The molecule has 1 amide bonds. The average molecular weight is 246 g/mol. The molecule has 0 aromatic carbocycles. The standard InChI is InChI=1S/C15H22N2O/c1-15(2,3)12-7-8-13(16-11-12)14(18)17-9-5-4-6-10-17/h7-8,11H,4-6,9-10H2,1-3H3. The summed E-state index contributed by atoms with van der Waals surface area (Å²) in [6.07, 6.45) is 5.30. The van der Waals surface area contributed by atoms with Crippen LogP contribution in [0.1, 0.15) is 56.1 Å². The molecular weight excluding hydrogens is 224 g/mol. The Hall–Kier alpha value is -1.38. The molecule has 1 saturated heterocycles. The number of carbonyl (C=O) groups is 1. The van der Waals surface area contributed by atoms with Gasteiger partial charge in [0, 0.05) is 19.3 Å². The molecule has 0 spiro atoms. The number of hydrogen-bond donors (Lipinski definition) is 0. The lowest BCUT2D eigenvalue weighted by Crippen LogP contribution is -2.36. The van der Waals surface area contributed by atoms with Crippen LogP contribution in [0.5, 0.6) is 0 Å². The minimum Gasteiger partial charge on any atom is -0.337 e. The topological polar surface area (TPSA) is 33.2 Å². The molecule has 0 saturated carbocycles. The fraction of sp³-hybridized carbons (Fsp3) is 0.600. The van der Waals surface area contributed by atoms with Crippen LogP contribution in [0.25, 0.3) is 0 Å². The molecule has 18 heavy (non-hydrogen) atoms. The second-order valence-corrected chi connectivity index (χ2v) is 6.03. The van der Waals surface area contributed by atoms with Crippen molar-refractivity contribution in [3.63, 3.8) is 0 Å². The van der Waals surface area contributed by atoms with E-state index in [4.69, 9.17) is 0 Å². The summed E-state index contributed by atoms with van der Waals surface area (Å²) in [6, 6.07) is 3.88. The maximum absolute atomic E-state index is 12.2. The number of amides is 1. The van der Waals surface area contributed by atoms with E-state index in [0.29, 0.717) is 5.69 Å². The summed E-state index contributed by atoms with van der Waals surface area (Å²) in [5, 5.41) is 0. The average Bonchev–Trinajstić information content (AvgIpc) is 2.38. The van der Waals surface area contributed by atoms with Gasteiger partial charge >= 0.3 is 0 Å². The van der Waals surface area contributed by atoms with Crippen LogP contribution < -0.4 is 0 Å². The number of pyridine rings is 1. The highest BCUT2D eigenvalue weighted by molar-refractivity contribution is 5.92. The Bertz CT molecular complexity index is 411. The predicted molar refractivity (Wildman–Crippen MR) is 72.7 cm³/mol. The van der Waals surface area contributed by atoms with Crippen LogP contribution in [-0.2, 0) is 5.41 Å². The van der Waals surface area contributed by atoms with Crippen molar-refractivity contribution < 1.29 is 4.79 Å². The molecule has 0 unspecified atom stereocenters. The van der Waals surface area contributed by atoms with Crippen LogP contribution in [0.4, 0.5) is 0 Å². The SMILES string of the molecule is CC(C)(C)c1ccc(C(=O)N2CCCCC2)nc1. The van der Waals surface area contributed by atoms with Gasteiger partial charge in [-0.25, -0.2) is 0 Å². The van der Waals surface area contributed by atoms with E-state index in [9.17, 15) is 4.79 Å². The van der Waals surface area contributed by atoms with Crippen LogP contribution in [0.3, 0.4) is 0 Å². The summed E-state index contributed by atoms with van der Waals surface area (Å²) in [5.41, 5.74) is 1.82. The summed E-state index contributed by atoms with van der Waals surface area (Å²) in [7, 11) is 0. The Labute approximate surface area is 109 Å². The predicted octanol–water partition coefficient (Wildman–Crippen LogP) is 3.01. The maximum Gasteiger partial charge on any atom is 0.272 e.